The maximum absolute atomic E-state index is 11.5. The molecule has 0 amide bonds. The van der Waals surface area contributed by atoms with Gasteiger partial charge in [-0.3, -0.25) is 0 Å². The van der Waals surface area contributed by atoms with Crippen LogP contribution in [0.2, 0.25) is 5.02 Å². The Hall–Kier alpha value is -2.19. The summed E-state index contributed by atoms with van der Waals surface area (Å²) in [5.41, 5.74) is 2.27. The summed E-state index contributed by atoms with van der Waals surface area (Å²) < 4.78 is 23.0. The van der Waals surface area contributed by atoms with Crippen molar-refractivity contribution in [3.63, 3.8) is 0 Å². The molecule has 3 aromatic rings. The van der Waals surface area contributed by atoms with Crippen LogP contribution in [0.15, 0.2) is 30.6 Å². The molecule has 9 heteroatoms. The van der Waals surface area contributed by atoms with Crippen molar-refractivity contribution in [2.45, 2.75) is 12.8 Å². The highest BCUT2D eigenvalue weighted by Crippen LogP contribution is 2.31. The number of fused-ring (bicyclic) bond motifs is 1. The Bertz CT molecular complexity index is 1040. The molecule has 0 bridgehead atoms. The molecule has 0 aromatic carbocycles. The quantitative estimate of drug-likeness (QED) is 0.717. The van der Waals surface area contributed by atoms with Crippen LogP contribution in [0.25, 0.3) is 22.6 Å². The van der Waals surface area contributed by atoms with Gasteiger partial charge in [0.05, 0.1) is 16.3 Å². The number of imidazole rings is 1. The predicted molar refractivity (Wildman–Crippen MR) is 107 cm³/mol. The fourth-order valence-corrected chi connectivity index (χ4v) is 4.89. The Morgan fingerprint density at radius 3 is 2.78 bits per heavy atom. The first-order valence-electron chi connectivity index (χ1n) is 8.78. The normalized spacial score (nSPS) is 16.1. The van der Waals surface area contributed by atoms with Crippen molar-refractivity contribution in [1.82, 2.24) is 19.9 Å². The number of nitrogens with zero attached hydrogens (tertiary/aromatic N) is 4. The first-order valence-corrected chi connectivity index (χ1v) is 11.2. The van der Waals surface area contributed by atoms with Crippen molar-refractivity contribution >= 4 is 38.4 Å². The van der Waals surface area contributed by atoms with Crippen molar-refractivity contribution in [2.24, 2.45) is 5.92 Å². The molecule has 142 valence electrons. The molecule has 7 nitrogen and oxygen atoms in total. The fraction of sp³-hybridized carbons (Fsp3) is 0.389. The number of sulfone groups is 1. The number of hydrogen-bond acceptors (Lipinski definition) is 6. The lowest BCUT2D eigenvalue weighted by molar-refractivity contribution is 0.435. The molecule has 3 aromatic heterocycles. The van der Waals surface area contributed by atoms with Crippen LogP contribution < -0.4 is 4.90 Å². The summed E-state index contributed by atoms with van der Waals surface area (Å²) in [4.78, 5) is 18.6. The van der Waals surface area contributed by atoms with E-state index in [9.17, 15) is 8.42 Å². The lowest BCUT2D eigenvalue weighted by Gasteiger charge is -2.32. The van der Waals surface area contributed by atoms with Crippen LogP contribution in [0.4, 0.5) is 5.82 Å². The summed E-state index contributed by atoms with van der Waals surface area (Å²) >= 11 is 6.36. The summed E-state index contributed by atoms with van der Waals surface area (Å²) in [6.07, 6.45) is 6.31. The van der Waals surface area contributed by atoms with Crippen LogP contribution in [0.1, 0.15) is 12.8 Å². The van der Waals surface area contributed by atoms with Crippen molar-refractivity contribution < 1.29 is 8.42 Å². The van der Waals surface area contributed by atoms with Gasteiger partial charge >= 0.3 is 0 Å². The van der Waals surface area contributed by atoms with E-state index < -0.39 is 9.84 Å². The number of anilines is 1. The number of nitrogens with one attached hydrogen (secondary N) is 1. The number of pyridine rings is 2. The van der Waals surface area contributed by atoms with Crippen molar-refractivity contribution in [3.8, 4) is 11.4 Å². The zero-order valence-corrected chi connectivity index (χ0v) is 16.5. The van der Waals surface area contributed by atoms with Gasteiger partial charge in [0.1, 0.15) is 21.5 Å². The van der Waals surface area contributed by atoms with Gasteiger partial charge in [0.2, 0.25) is 0 Å². The fourth-order valence-electron chi connectivity index (χ4n) is 3.51. The number of aromatic amines is 1. The van der Waals surface area contributed by atoms with E-state index in [0.29, 0.717) is 16.5 Å². The second-order valence-corrected chi connectivity index (χ2v) is 9.60. The number of rotatable bonds is 4. The number of H-pyrrole nitrogens is 1. The van der Waals surface area contributed by atoms with Crippen LogP contribution in [0.3, 0.4) is 0 Å². The highest BCUT2D eigenvalue weighted by molar-refractivity contribution is 7.90. The van der Waals surface area contributed by atoms with Gasteiger partial charge in [0.25, 0.3) is 0 Å². The highest BCUT2D eigenvalue weighted by Gasteiger charge is 2.24. The maximum atomic E-state index is 11.5. The number of piperidine rings is 1. The maximum Gasteiger partial charge on any atom is 0.178 e. The zero-order valence-electron chi connectivity index (χ0n) is 14.9. The van der Waals surface area contributed by atoms with E-state index in [4.69, 9.17) is 11.6 Å². The van der Waals surface area contributed by atoms with Gasteiger partial charge in [-0.15, -0.1) is 0 Å². The molecule has 0 atom stereocenters. The first-order chi connectivity index (χ1) is 12.9. The van der Waals surface area contributed by atoms with Gasteiger partial charge in [0, 0.05) is 37.3 Å². The van der Waals surface area contributed by atoms with E-state index in [0.717, 1.165) is 42.8 Å². The molecule has 0 saturated carbocycles. The summed E-state index contributed by atoms with van der Waals surface area (Å²) in [5.74, 6) is 1.95. The minimum absolute atomic E-state index is 0.212. The average Bonchev–Trinajstić information content (AvgIpc) is 3.05. The molecule has 1 fully saturated rings. The van der Waals surface area contributed by atoms with Crippen LogP contribution in [-0.4, -0.2) is 53.5 Å². The van der Waals surface area contributed by atoms with Crippen LogP contribution in [0, 0.1) is 5.92 Å². The molecule has 1 aliphatic heterocycles. The molecule has 1 N–H and O–H groups in total. The second kappa shape index (κ2) is 7.09. The first kappa shape index (κ1) is 18.2. The van der Waals surface area contributed by atoms with Gasteiger partial charge < -0.3 is 9.88 Å². The van der Waals surface area contributed by atoms with E-state index in [1.807, 2.05) is 18.2 Å². The Labute approximate surface area is 162 Å². The van der Waals surface area contributed by atoms with Crippen molar-refractivity contribution in [2.75, 3.05) is 30.0 Å². The minimum atomic E-state index is -2.94. The molecule has 4 heterocycles. The topological polar surface area (TPSA) is 91.8 Å². The Morgan fingerprint density at radius 1 is 1.30 bits per heavy atom. The second-order valence-electron chi connectivity index (χ2n) is 7.01. The van der Waals surface area contributed by atoms with Crippen LogP contribution in [0.5, 0.6) is 0 Å². The minimum Gasteiger partial charge on any atom is -0.357 e. The van der Waals surface area contributed by atoms with E-state index in [1.54, 1.807) is 12.4 Å². The third-order valence-corrected chi connectivity index (χ3v) is 6.21. The van der Waals surface area contributed by atoms with Gasteiger partial charge in [0.15, 0.2) is 5.65 Å². The van der Waals surface area contributed by atoms with Gasteiger partial charge in [-0.2, -0.15) is 0 Å². The van der Waals surface area contributed by atoms with E-state index in [-0.39, 0.29) is 11.7 Å². The third-order valence-electron chi connectivity index (χ3n) is 4.83. The lowest BCUT2D eigenvalue weighted by atomic mass is 9.99. The molecule has 0 unspecified atom stereocenters. The molecule has 1 saturated heterocycles. The Balaban J connectivity index is 1.56. The number of hydrogen-bond donors (Lipinski definition) is 1. The molecule has 0 radical (unpaired) electrons. The molecular formula is C18H20ClN5O2S. The molecule has 27 heavy (non-hydrogen) atoms. The van der Waals surface area contributed by atoms with Gasteiger partial charge in [-0.1, -0.05) is 11.6 Å². The van der Waals surface area contributed by atoms with Crippen molar-refractivity contribution in [1.29, 1.82) is 0 Å². The average molecular weight is 406 g/mol. The summed E-state index contributed by atoms with van der Waals surface area (Å²) in [5, 5.41) is 0.518. The molecule has 1 aliphatic rings. The smallest absolute Gasteiger partial charge is 0.178 e. The van der Waals surface area contributed by atoms with E-state index >= 15 is 0 Å². The zero-order chi connectivity index (χ0) is 19.0. The van der Waals surface area contributed by atoms with Crippen LogP contribution in [-0.2, 0) is 9.84 Å². The third kappa shape index (κ3) is 4.06. The molecule has 0 aliphatic carbocycles. The summed E-state index contributed by atoms with van der Waals surface area (Å²) in [7, 11) is -2.94. The van der Waals surface area contributed by atoms with E-state index in [2.05, 4.69) is 24.8 Å². The largest absolute Gasteiger partial charge is 0.357 e. The van der Waals surface area contributed by atoms with E-state index in [1.165, 1.54) is 6.26 Å². The Kier molecular flexibility index (Phi) is 4.77. The lowest BCUT2D eigenvalue weighted by Crippen LogP contribution is -2.36. The molecular weight excluding hydrogens is 386 g/mol. The van der Waals surface area contributed by atoms with Gasteiger partial charge in [-0.25, -0.2) is 23.4 Å². The van der Waals surface area contributed by atoms with Crippen molar-refractivity contribution in [3.05, 3.63) is 35.6 Å². The standard InChI is InChI=1S/C18H20ClN5O2S/c1-27(25,26)11-12-4-7-24(8-5-12)16-9-13(14(19)10-21-16)17-22-15-3-2-6-20-18(15)23-17/h2-3,6,9-10,12H,4-5,7-8,11H2,1H3,(H,20,22,23). The van der Waals surface area contributed by atoms with Gasteiger partial charge in [-0.05, 0) is 37.0 Å². The Morgan fingerprint density at radius 2 is 2.07 bits per heavy atom. The molecule has 0 spiro atoms. The SMILES string of the molecule is CS(=O)(=O)CC1CCN(c2cc(-c3nc4ncccc4[nH]3)c(Cl)cn2)CC1. The molecule has 4 rings (SSSR count). The monoisotopic (exact) mass is 405 g/mol. The summed E-state index contributed by atoms with van der Waals surface area (Å²) in [6.45, 7) is 1.55. The predicted octanol–water partition coefficient (Wildman–Crippen LogP) is 2.93. The van der Waals surface area contributed by atoms with Crippen LogP contribution >= 0.6 is 11.6 Å². The number of aromatic nitrogens is 4. The summed E-state index contributed by atoms with van der Waals surface area (Å²) in [6, 6.07) is 5.70. The number of halogens is 1. The highest BCUT2D eigenvalue weighted by atomic mass is 35.5.